The van der Waals surface area contributed by atoms with Gasteiger partial charge in [0.15, 0.2) is 0 Å². The summed E-state index contributed by atoms with van der Waals surface area (Å²) in [6, 6.07) is 6.05. The molecule has 130 valence electrons. The Labute approximate surface area is 147 Å². The van der Waals surface area contributed by atoms with Crippen LogP contribution >= 0.6 is 0 Å². The second kappa shape index (κ2) is 6.63. The van der Waals surface area contributed by atoms with Gasteiger partial charge in [-0.15, -0.1) is 0 Å². The molecule has 2 heterocycles. The van der Waals surface area contributed by atoms with Crippen molar-refractivity contribution in [3.8, 4) is 0 Å². The summed E-state index contributed by atoms with van der Waals surface area (Å²) in [5.41, 5.74) is 6.06. The predicted molar refractivity (Wildman–Crippen MR) is 97.9 cm³/mol. The van der Waals surface area contributed by atoms with Gasteiger partial charge in [0.2, 0.25) is 5.91 Å². The molecule has 0 saturated carbocycles. The van der Waals surface area contributed by atoms with Crippen LogP contribution in [0.15, 0.2) is 18.2 Å². The first-order chi connectivity index (χ1) is 11.8. The molecule has 0 atom stereocenters. The monoisotopic (exact) mass is 337 g/mol. The van der Waals surface area contributed by atoms with Crippen molar-refractivity contribution in [2.24, 2.45) is 0 Å². The van der Waals surface area contributed by atoms with E-state index in [1.54, 1.807) is 4.52 Å². The van der Waals surface area contributed by atoms with Crippen LogP contribution in [-0.2, 0) is 11.2 Å². The molecule has 0 aliphatic carbocycles. The molecule has 0 aliphatic heterocycles. The summed E-state index contributed by atoms with van der Waals surface area (Å²) in [6.07, 6.45) is 1.02. The Morgan fingerprint density at radius 1 is 1.04 bits per heavy atom. The van der Waals surface area contributed by atoms with E-state index in [4.69, 9.17) is 0 Å². The van der Waals surface area contributed by atoms with Crippen LogP contribution in [-0.4, -0.2) is 25.5 Å². The number of hydrogen-bond donors (Lipinski definition) is 1. The zero-order chi connectivity index (χ0) is 18.1. The van der Waals surface area contributed by atoms with Gasteiger partial charge in [0.25, 0.3) is 5.78 Å². The molecule has 0 saturated heterocycles. The molecule has 6 heteroatoms. The predicted octanol–water partition coefficient (Wildman–Crippen LogP) is 3.24. The van der Waals surface area contributed by atoms with Crippen molar-refractivity contribution in [2.75, 3.05) is 5.32 Å². The van der Waals surface area contributed by atoms with Crippen molar-refractivity contribution >= 4 is 17.4 Å². The normalized spacial score (nSPS) is 11.1. The summed E-state index contributed by atoms with van der Waals surface area (Å²) in [5, 5.41) is 7.35. The minimum Gasteiger partial charge on any atom is -0.326 e. The summed E-state index contributed by atoms with van der Waals surface area (Å²) >= 11 is 0. The third-order valence-electron chi connectivity index (χ3n) is 4.26. The first kappa shape index (κ1) is 17.1. The van der Waals surface area contributed by atoms with Gasteiger partial charge in [0.05, 0.1) is 0 Å². The number of nitrogens with zero attached hydrogens (tertiary/aromatic N) is 4. The van der Waals surface area contributed by atoms with E-state index >= 15 is 0 Å². The molecule has 3 aromatic rings. The van der Waals surface area contributed by atoms with Gasteiger partial charge < -0.3 is 5.32 Å². The van der Waals surface area contributed by atoms with E-state index in [0.29, 0.717) is 24.4 Å². The highest BCUT2D eigenvalue weighted by Gasteiger charge is 2.13. The van der Waals surface area contributed by atoms with Crippen molar-refractivity contribution in [1.82, 2.24) is 19.6 Å². The molecule has 0 unspecified atom stereocenters. The minimum absolute atomic E-state index is 0.00123. The minimum atomic E-state index is -0.00123. The Morgan fingerprint density at radius 2 is 1.72 bits per heavy atom. The van der Waals surface area contributed by atoms with Gasteiger partial charge in [-0.05, 0) is 69.9 Å². The van der Waals surface area contributed by atoms with Gasteiger partial charge in [-0.3, -0.25) is 4.79 Å². The number of carbonyl (C=O) groups is 1. The van der Waals surface area contributed by atoms with Gasteiger partial charge in [-0.2, -0.15) is 10.1 Å². The van der Waals surface area contributed by atoms with E-state index in [1.807, 2.05) is 46.8 Å². The Balaban J connectivity index is 1.74. The number of nitrogens with one attached hydrogen (secondary N) is 1. The fourth-order valence-corrected chi connectivity index (χ4v) is 3.18. The average molecular weight is 337 g/mol. The topological polar surface area (TPSA) is 72.2 Å². The number of hydrogen-bond acceptors (Lipinski definition) is 4. The van der Waals surface area contributed by atoms with Crippen LogP contribution in [0.3, 0.4) is 0 Å². The molecule has 1 aromatic carbocycles. The zero-order valence-corrected chi connectivity index (χ0v) is 15.3. The maximum atomic E-state index is 12.3. The van der Waals surface area contributed by atoms with Gasteiger partial charge in [-0.1, -0.05) is 6.07 Å². The second-order valence-electron chi connectivity index (χ2n) is 6.56. The fraction of sp³-hybridized carbons (Fsp3) is 0.368. The van der Waals surface area contributed by atoms with Crippen LogP contribution in [0.2, 0.25) is 0 Å². The number of anilines is 1. The van der Waals surface area contributed by atoms with Gasteiger partial charge >= 0.3 is 0 Å². The Kier molecular flexibility index (Phi) is 4.53. The molecule has 25 heavy (non-hydrogen) atoms. The number of aromatic nitrogens is 4. The molecule has 0 aliphatic rings. The van der Waals surface area contributed by atoms with E-state index in [2.05, 4.69) is 26.4 Å². The first-order valence-electron chi connectivity index (χ1n) is 8.41. The van der Waals surface area contributed by atoms with Gasteiger partial charge in [0, 0.05) is 23.5 Å². The lowest BCUT2D eigenvalue weighted by molar-refractivity contribution is -0.116. The van der Waals surface area contributed by atoms with Crippen LogP contribution < -0.4 is 5.32 Å². The molecule has 0 spiro atoms. The fourth-order valence-electron chi connectivity index (χ4n) is 3.18. The molecule has 1 amide bonds. The Morgan fingerprint density at radius 3 is 2.40 bits per heavy atom. The van der Waals surface area contributed by atoms with Crippen molar-refractivity contribution in [1.29, 1.82) is 0 Å². The smallest absolute Gasteiger partial charge is 0.252 e. The van der Waals surface area contributed by atoms with E-state index in [9.17, 15) is 4.79 Å². The molecule has 0 bridgehead atoms. The largest absolute Gasteiger partial charge is 0.326 e. The third-order valence-corrected chi connectivity index (χ3v) is 4.26. The number of carbonyl (C=O) groups excluding carboxylic acids is 1. The number of fused-ring (bicyclic) bond motifs is 1. The summed E-state index contributed by atoms with van der Waals surface area (Å²) in [7, 11) is 0. The first-order valence-corrected chi connectivity index (χ1v) is 8.41. The maximum absolute atomic E-state index is 12.3. The number of benzene rings is 1. The Hall–Kier alpha value is -2.76. The van der Waals surface area contributed by atoms with Crippen molar-refractivity contribution in [2.45, 2.75) is 47.5 Å². The van der Waals surface area contributed by atoms with E-state index in [-0.39, 0.29) is 5.91 Å². The van der Waals surface area contributed by atoms with Crippen molar-refractivity contribution < 1.29 is 4.79 Å². The molecular formula is C19H23N5O. The van der Waals surface area contributed by atoms with Crippen molar-refractivity contribution in [3.63, 3.8) is 0 Å². The van der Waals surface area contributed by atoms with Crippen molar-refractivity contribution in [3.05, 3.63) is 52.1 Å². The molecule has 1 N–H and O–H groups in total. The summed E-state index contributed by atoms with van der Waals surface area (Å²) < 4.78 is 1.75. The van der Waals surface area contributed by atoms with Gasteiger partial charge in [0.1, 0.15) is 5.82 Å². The molecule has 0 radical (unpaired) electrons. The molecule has 0 fully saturated rings. The van der Waals surface area contributed by atoms with Crippen LogP contribution in [0, 0.1) is 34.6 Å². The molecule has 3 rings (SSSR count). The van der Waals surface area contributed by atoms with Crippen LogP contribution in [0.1, 0.15) is 40.3 Å². The highest BCUT2D eigenvalue weighted by atomic mass is 16.1. The molecule has 6 nitrogen and oxygen atoms in total. The standard InChI is InChI=1S/C19H23N5O/c1-11-8-12(2)10-16(9-11)22-18(25)7-6-17-13(3)20-19-21-15(5)23-24(19)14(17)4/h8-10H,6-7H2,1-5H3,(H,22,25). The summed E-state index contributed by atoms with van der Waals surface area (Å²) in [6.45, 7) is 9.84. The third kappa shape index (κ3) is 3.68. The highest BCUT2D eigenvalue weighted by molar-refractivity contribution is 5.91. The molecular weight excluding hydrogens is 314 g/mol. The van der Waals surface area contributed by atoms with E-state index < -0.39 is 0 Å². The lowest BCUT2D eigenvalue weighted by Crippen LogP contribution is -2.14. The number of rotatable bonds is 4. The summed E-state index contributed by atoms with van der Waals surface area (Å²) in [5.74, 6) is 1.30. The van der Waals surface area contributed by atoms with Crippen LogP contribution in [0.25, 0.3) is 5.78 Å². The second-order valence-corrected chi connectivity index (χ2v) is 6.56. The average Bonchev–Trinajstić information content (AvgIpc) is 2.86. The zero-order valence-electron chi connectivity index (χ0n) is 15.3. The van der Waals surface area contributed by atoms with E-state index in [1.165, 1.54) is 0 Å². The van der Waals surface area contributed by atoms with Crippen LogP contribution in [0.5, 0.6) is 0 Å². The lowest BCUT2D eigenvalue weighted by atomic mass is 10.1. The highest BCUT2D eigenvalue weighted by Crippen LogP contribution is 2.17. The van der Waals surface area contributed by atoms with E-state index in [0.717, 1.165) is 33.8 Å². The SMILES string of the molecule is Cc1cc(C)cc(NC(=O)CCc2c(C)nc3nc(C)nn3c2C)c1. The lowest BCUT2D eigenvalue weighted by Gasteiger charge is -2.11. The summed E-state index contributed by atoms with van der Waals surface area (Å²) in [4.78, 5) is 21.1. The number of amides is 1. The molecule has 2 aromatic heterocycles. The Bertz CT molecular complexity index is 938. The van der Waals surface area contributed by atoms with Gasteiger partial charge in [-0.25, -0.2) is 9.50 Å². The number of aryl methyl sites for hydroxylation is 5. The maximum Gasteiger partial charge on any atom is 0.252 e. The van der Waals surface area contributed by atoms with Crippen LogP contribution in [0.4, 0.5) is 5.69 Å². The quantitative estimate of drug-likeness (QED) is 0.793.